The van der Waals surface area contributed by atoms with E-state index in [1.807, 2.05) is 73.3 Å². The standard InChI is InChI=1S/C23H21ClN4O/c1-3-28-14-16(13-26-28)12-25-23(29)19-11-21(17-7-5-4-6-8-17)27-22-15(2)20(24)10-9-18(19)22/h4-11,13-14H,3,12H2,1-2H3,(H,25,29). The van der Waals surface area contributed by atoms with Gasteiger partial charge in [0, 0.05) is 40.8 Å². The summed E-state index contributed by atoms with van der Waals surface area (Å²) < 4.78 is 1.84. The second-order valence-electron chi connectivity index (χ2n) is 6.88. The third-order valence-corrected chi connectivity index (χ3v) is 5.36. The lowest BCUT2D eigenvalue weighted by atomic mass is 10.0. The highest BCUT2D eigenvalue weighted by molar-refractivity contribution is 6.32. The minimum absolute atomic E-state index is 0.152. The molecule has 4 rings (SSSR count). The average Bonchev–Trinajstić information content (AvgIpc) is 3.23. The first-order chi connectivity index (χ1) is 14.1. The number of benzene rings is 2. The van der Waals surface area contributed by atoms with Crippen LogP contribution in [0.4, 0.5) is 0 Å². The van der Waals surface area contributed by atoms with Crippen LogP contribution in [0.5, 0.6) is 0 Å². The Bertz CT molecular complexity index is 1180. The lowest BCUT2D eigenvalue weighted by molar-refractivity contribution is 0.0952. The number of nitrogens with one attached hydrogen (secondary N) is 1. The van der Waals surface area contributed by atoms with Crippen LogP contribution in [0.25, 0.3) is 22.2 Å². The minimum Gasteiger partial charge on any atom is -0.348 e. The van der Waals surface area contributed by atoms with E-state index in [1.54, 1.807) is 6.20 Å². The van der Waals surface area contributed by atoms with Crippen LogP contribution < -0.4 is 5.32 Å². The molecule has 0 fully saturated rings. The van der Waals surface area contributed by atoms with Gasteiger partial charge in [-0.2, -0.15) is 5.10 Å². The van der Waals surface area contributed by atoms with Crippen molar-refractivity contribution in [2.24, 2.45) is 0 Å². The fourth-order valence-corrected chi connectivity index (χ4v) is 3.45. The first-order valence-electron chi connectivity index (χ1n) is 9.51. The van der Waals surface area contributed by atoms with Gasteiger partial charge < -0.3 is 5.32 Å². The minimum atomic E-state index is -0.152. The number of amides is 1. The van der Waals surface area contributed by atoms with Crippen LogP contribution in [-0.2, 0) is 13.1 Å². The number of hydrogen-bond acceptors (Lipinski definition) is 3. The van der Waals surface area contributed by atoms with E-state index in [1.165, 1.54) is 0 Å². The highest BCUT2D eigenvalue weighted by Gasteiger charge is 2.16. The quantitative estimate of drug-likeness (QED) is 0.508. The summed E-state index contributed by atoms with van der Waals surface area (Å²) in [6, 6.07) is 15.3. The molecule has 0 saturated heterocycles. The zero-order valence-corrected chi connectivity index (χ0v) is 17.1. The Morgan fingerprint density at radius 2 is 1.97 bits per heavy atom. The molecule has 0 saturated carbocycles. The van der Waals surface area contributed by atoms with Crippen LogP contribution in [-0.4, -0.2) is 20.7 Å². The van der Waals surface area contributed by atoms with Crippen molar-refractivity contribution in [3.63, 3.8) is 0 Å². The molecule has 29 heavy (non-hydrogen) atoms. The maximum atomic E-state index is 13.1. The van der Waals surface area contributed by atoms with Gasteiger partial charge in [0.05, 0.1) is 23.0 Å². The van der Waals surface area contributed by atoms with E-state index < -0.39 is 0 Å². The molecule has 0 unspecified atom stereocenters. The van der Waals surface area contributed by atoms with E-state index in [2.05, 4.69) is 10.4 Å². The van der Waals surface area contributed by atoms with Gasteiger partial charge in [0.25, 0.3) is 5.91 Å². The summed E-state index contributed by atoms with van der Waals surface area (Å²) in [6.07, 6.45) is 3.71. The lowest BCUT2D eigenvalue weighted by Crippen LogP contribution is -2.23. The summed E-state index contributed by atoms with van der Waals surface area (Å²) in [4.78, 5) is 17.9. The van der Waals surface area contributed by atoms with Gasteiger partial charge >= 0.3 is 0 Å². The van der Waals surface area contributed by atoms with Crippen molar-refractivity contribution >= 4 is 28.4 Å². The predicted molar refractivity (Wildman–Crippen MR) is 116 cm³/mol. The monoisotopic (exact) mass is 404 g/mol. The SMILES string of the molecule is CCn1cc(CNC(=O)c2cc(-c3ccccc3)nc3c(C)c(Cl)ccc23)cn1. The number of fused-ring (bicyclic) bond motifs is 1. The van der Waals surface area contributed by atoms with Crippen molar-refractivity contribution < 1.29 is 4.79 Å². The van der Waals surface area contributed by atoms with Crippen LogP contribution >= 0.6 is 11.6 Å². The highest BCUT2D eigenvalue weighted by atomic mass is 35.5. The van der Waals surface area contributed by atoms with Gasteiger partial charge in [-0.15, -0.1) is 0 Å². The van der Waals surface area contributed by atoms with Gasteiger partial charge in [-0.25, -0.2) is 4.98 Å². The highest BCUT2D eigenvalue weighted by Crippen LogP contribution is 2.30. The fraction of sp³-hybridized carbons (Fsp3) is 0.174. The van der Waals surface area contributed by atoms with E-state index in [0.29, 0.717) is 17.1 Å². The van der Waals surface area contributed by atoms with E-state index in [9.17, 15) is 4.79 Å². The maximum absolute atomic E-state index is 13.1. The number of pyridine rings is 1. The number of carbonyl (C=O) groups is 1. The number of hydrogen-bond donors (Lipinski definition) is 1. The van der Waals surface area contributed by atoms with Crippen LogP contribution in [0.15, 0.2) is 60.9 Å². The Kier molecular flexibility index (Phi) is 5.32. The smallest absolute Gasteiger partial charge is 0.252 e. The zero-order valence-electron chi connectivity index (χ0n) is 16.3. The topological polar surface area (TPSA) is 59.8 Å². The van der Waals surface area contributed by atoms with E-state index >= 15 is 0 Å². The molecule has 5 nitrogen and oxygen atoms in total. The summed E-state index contributed by atoms with van der Waals surface area (Å²) in [7, 11) is 0. The molecule has 0 aliphatic carbocycles. The Hall–Kier alpha value is -3.18. The Morgan fingerprint density at radius 1 is 1.17 bits per heavy atom. The molecule has 6 heteroatoms. The molecule has 0 radical (unpaired) electrons. The van der Waals surface area contributed by atoms with Gasteiger partial charge in [0.15, 0.2) is 0 Å². The Morgan fingerprint density at radius 3 is 2.69 bits per heavy atom. The summed E-state index contributed by atoms with van der Waals surface area (Å²) in [5.74, 6) is -0.152. The number of aryl methyl sites for hydroxylation is 2. The number of aromatic nitrogens is 3. The molecule has 2 heterocycles. The van der Waals surface area contributed by atoms with Gasteiger partial charge in [0.2, 0.25) is 0 Å². The third-order valence-electron chi connectivity index (χ3n) is 4.95. The summed E-state index contributed by atoms with van der Waals surface area (Å²) >= 11 is 6.33. The van der Waals surface area contributed by atoms with Crippen LogP contribution in [0.3, 0.4) is 0 Å². The molecule has 0 bridgehead atoms. The Balaban J connectivity index is 1.75. The van der Waals surface area contributed by atoms with Crippen molar-refractivity contribution in [2.45, 2.75) is 26.9 Å². The normalized spacial score (nSPS) is 11.0. The fourth-order valence-electron chi connectivity index (χ4n) is 3.30. The first kappa shape index (κ1) is 19.2. The second kappa shape index (κ2) is 8.05. The molecule has 2 aromatic heterocycles. The zero-order chi connectivity index (χ0) is 20.4. The van der Waals surface area contributed by atoms with Crippen LogP contribution in [0.1, 0.15) is 28.4 Å². The number of rotatable bonds is 5. The maximum Gasteiger partial charge on any atom is 0.252 e. The van der Waals surface area contributed by atoms with Gasteiger partial charge in [0.1, 0.15) is 0 Å². The van der Waals surface area contributed by atoms with Gasteiger partial charge in [-0.1, -0.05) is 48.0 Å². The molecular weight excluding hydrogens is 384 g/mol. The lowest BCUT2D eigenvalue weighted by Gasteiger charge is -2.12. The van der Waals surface area contributed by atoms with Crippen molar-refractivity contribution in [2.75, 3.05) is 0 Å². The third kappa shape index (κ3) is 3.87. The molecule has 0 atom stereocenters. The van der Waals surface area contributed by atoms with E-state index in [-0.39, 0.29) is 5.91 Å². The number of halogens is 1. The largest absolute Gasteiger partial charge is 0.348 e. The molecule has 0 aliphatic rings. The van der Waals surface area contributed by atoms with Gasteiger partial charge in [-0.3, -0.25) is 9.48 Å². The molecule has 0 spiro atoms. The van der Waals surface area contributed by atoms with Crippen molar-refractivity contribution in [3.05, 3.63) is 82.6 Å². The second-order valence-corrected chi connectivity index (χ2v) is 7.28. The van der Waals surface area contributed by atoms with Crippen LogP contribution in [0.2, 0.25) is 5.02 Å². The Labute approximate surface area is 174 Å². The molecule has 0 aliphatic heterocycles. The van der Waals surface area contributed by atoms with Crippen molar-refractivity contribution in [1.29, 1.82) is 0 Å². The number of nitrogens with zero attached hydrogens (tertiary/aromatic N) is 3. The average molecular weight is 405 g/mol. The molecule has 1 amide bonds. The predicted octanol–water partition coefficient (Wildman–Crippen LogP) is 5.01. The van der Waals surface area contributed by atoms with Crippen LogP contribution in [0, 0.1) is 6.92 Å². The van der Waals surface area contributed by atoms with E-state index in [0.717, 1.165) is 39.8 Å². The van der Waals surface area contributed by atoms with E-state index in [4.69, 9.17) is 16.6 Å². The molecule has 1 N–H and O–H groups in total. The molecule has 4 aromatic rings. The summed E-state index contributed by atoms with van der Waals surface area (Å²) in [5.41, 5.74) is 4.83. The van der Waals surface area contributed by atoms with Crippen molar-refractivity contribution in [1.82, 2.24) is 20.1 Å². The van der Waals surface area contributed by atoms with Crippen molar-refractivity contribution in [3.8, 4) is 11.3 Å². The molecular formula is C23H21ClN4O. The molecule has 146 valence electrons. The number of carbonyl (C=O) groups excluding carboxylic acids is 1. The molecule has 2 aromatic carbocycles. The summed E-state index contributed by atoms with van der Waals surface area (Å²) in [6.45, 7) is 5.16. The van der Waals surface area contributed by atoms with Gasteiger partial charge in [-0.05, 0) is 31.5 Å². The first-order valence-corrected chi connectivity index (χ1v) is 9.89. The summed E-state index contributed by atoms with van der Waals surface area (Å²) in [5, 5.41) is 8.67.